The van der Waals surface area contributed by atoms with E-state index in [1.807, 2.05) is 0 Å². The zero-order valence-corrected chi connectivity index (χ0v) is 13.9. The van der Waals surface area contributed by atoms with Gasteiger partial charge in [0.15, 0.2) is 0 Å². The molecule has 2 fully saturated rings. The summed E-state index contributed by atoms with van der Waals surface area (Å²) in [4.78, 5) is 22.9. The molecule has 3 rings (SSSR count). The monoisotopic (exact) mass is 320 g/mol. The Morgan fingerprint density at radius 2 is 2.17 bits per heavy atom. The Hall–Kier alpha value is -1.92. The van der Waals surface area contributed by atoms with E-state index in [2.05, 4.69) is 17.3 Å². The van der Waals surface area contributed by atoms with Gasteiger partial charge in [0.1, 0.15) is 17.9 Å². The summed E-state index contributed by atoms with van der Waals surface area (Å²) in [5.74, 6) is 2.04. The molecule has 7 heteroatoms. The van der Waals surface area contributed by atoms with Crippen molar-refractivity contribution in [2.75, 3.05) is 0 Å². The molecule has 7 nitrogen and oxygen atoms in total. The van der Waals surface area contributed by atoms with Crippen molar-refractivity contribution in [2.45, 2.75) is 58.5 Å². The molecule has 1 aromatic rings. The maximum Gasteiger partial charge on any atom is 0.309 e. The Bertz CT molecular complexity index is 627. The number of carbonyl (C=O) groups is 1. The first-order valence-electron chi connectivity index (χ1n) is 8.37. The van der Waals surface area contributed by atoms with Crippen LogP contribution < -0.4 is 5.32 Å². The molecule has 126 valence electrons. The summed E-state index contributed by atoms with van der Waals surface area (Å²) in [6, 6.07) is -0.407. The van der Waals surface area contributed by atoms with Crippen molar-refractivity contribution in [1.82, 2.24) is 15.1 Å². The van der Waals surface area contributed by atoms with Gasteiger partial charge in [-0.05, 0) is 57.8 Å². The standard InChI is InChI=1S/C16H24N4O3/c1-9(14-7-12-4-5-13(14)6-12)17-16(21)11(3)19-8-15(20(22)23)10(2)18-19/h8-9,11-14H,4-7H2,1-3H3,(H,17,21)/t9-,11-,12+,13+,14-/m0/s1. The van der Waals surface area contributed by atoms with Crippen molar-refractivity contribution in [3.63, 3.8) is 0 Å². The van der Waals surface area contributed by atoms with E-state index in [4.69, 9.17) is 0 Å². The summed E-state index contributed by atoms with van der Waals surface area (Å²) in [6.07, 6.45) is 6.49. The van der Waals surface area contributed by atoms with Crippen molar-refractivity contribution >= 4 is 11.6 Å². The molecule has 0 aromatic carbocycles. The maximum atomic E-state index is 12.5. The molecule has 1 amide bonds. The number of nitrogens with one attached hydrogen (secondary N) is 1. The molecule has 1 aromatic heterocycles. The van der Waals surface area contributed by atoms with Gasteiger partial charge >= 0.3 is 5.69 Å². The lowest BCUT2D eigenvalue weighted by molar-refractivity contribution is -0.385. The number of fused-ring (bicyclic) bond motifs is 2. The second-order valence-corrected chi connectivity index (χ2v) is 7.15. The van der Waals surface area contributed by atoms with Gasteiger partial charge < -0.3 is 5.32 Å². The van der Waals surface area contributed by atoms with Crippen LogP contribution in [0.25, 0.3) is 0 Å². The predicted octanol–water partition coefficient (Wildman–Crippen LogP) is 2.60. The lowest BCUT2D eigenvalue weighted by Gasteiger charge is -2.29. The van der Waals surface area contributed by atoms with Crippen LogP contribution in [0, 0.1) is 34.8 Å². The normalized spacial score (nSPS) is 28.6. The van der Waals surface area contributed by atoms with Gasteiger partial charge in [-0.1, -0.05) is 6.42 Å². The van der Waals surface area contributed by atoms with Gasteiger partial charge in [-0.3, -0.25) is 19.6 Å². The van der Waals surface area contributed by atoms with E-state index in [-0.39, 0.29) is 17.6 Å². The van der Waals surface area contributed by atoms with Crippen LogP contribution in [0.15, 0.2) is 6.20 Å². The molecule has 1 heterocycles. The molecule has 0 aliphatic heterocycles. The van der Waals surface area contributed by atoms with Crippen molar-refractivity contribution < 1.29 is 9.72 Å². The Kier molecular flexibility index (Phi) is 4.12. The average Bonchev–Trinajstić information content (AvgIpc) is 3.20. The van der Waals surface area contributed by atoms with Crippen LogP contribution >= 0.6 is 0 Å². The topological polar surface area (TPSA) is 90.1 Å². The second kappa shape index (κ2) is 5.94. The lowest BCUT2D eigenvalue weighted by Crippen LogP contribution is -2.43. The number of aromatic nitrogens is 2. The van der Waals surface area contributed by atoms with Crippen LogP contribution in [-0.4, -0.2) is 26.7 Å². The number of amides is 1. The Labute approximate surface area is 135 Å². The number of nitrogens with zero attached hydrogens (tertiary/aromatic N) is 3. The highest BCUT2D eigenvalue weighted by Gasteiger charge is 2.42. The van der Waals surface area contributed by atoms with E-state index in [9.17, 15) is 14.9 Å². The zero-order chi connectivity index (χ0) is 16.7. The predicted molar refractivity (Wildman–Crippen MR) is 84.9 cm³/mol. The number of nitro groups is 1. The quantitative estimate of drug-likeness (QED) is 0.667. The fraction of sp³-hybridized carbons (Fsp3) is 0.750. The molecule has 2 saturated carbocycles. The number of hydrogen-bond acceptors (Lipinski definition) is 4. The zero-order valence-electron chi connectivity index (χ0n) is 13.9. The first-order valence-corrected chi connectivity index (χ1v) is 8.37. The third-order valence-corrected chi connectivity index (χ3v) is 5.67. The molecule has 0 spiro atoms. The highest BCUT2D eigenvalue weighted by atomic mass is 16.6. The molecule has 23 heavy (non-hydrogen) atoms. The van der Waals surface area contributed by atoms with Crippen molar-refractivity contribution in [3.8, 4) is 0 Å². The van der Waals surface area contributed by atoms with Crippen LogP contribution in [0.3, 0.4) is 0 Å². The Balaban J connectivity index is 1.63. The van der Waals surface area contributed by atoms with E-state index < -0.39 is 11.0 Å². The number of carbonyl (C=O) groups excluding carboxylic acids is 1. The van der Waals surface area contributed by atoms with Crippen molar-refractivity contribution in [3.05, 3.63) is 22.0 Å². The van der Waals surface area contributed by atoms with Crippen molar-refractivity contribution in [1.29, 1.82) is 0 Å². The molecule has 2 bridgehead atoms. The van der Waals surface area contributed by atoms with E-state index in [0.29, 0.717) is 11.6 Å². The first-order chi connectivity index (χ1) is 10.9. The minimum atomic E-state index is -0.552. The van der Waals surface area contributed by atoms with E-state index >= 15 is 0 Å². The Morgan fingerprint density at radius 1 is 1.43 bits per heavy atom. The third kappa shape index (κ3) is 2.96. The highest BCUT2D eigenvalue weighted by molar-refractivity contribution is 5.80. The van der Waals surface area contributed by atoms with Crippen LogP contribution in [0.5, 0.6) is 0 Å². The summed E-state index contributed by atoms with van der Waals surface area (Å²) < 4.78 is 1.39. The molecule has 5 atom stereocenters. The molecule has 0 saturated heterocycles. The van der Waals surface area contributed by atoms with Gasteiger partial charge in [-0.15, -0.1) is 0 Å². The summed E-state index contributed by atoms with van der Waals surface area (Å²) in [6.45, 7) is 5.38. The number of hydrogen-bond donors (Lipinski definition) is 1. The van der Waals surface area contributed by atoms with Gasteiger partial charge in [0, 0.05) is 6.04 Å². The molecule has 2 aliphatic carbocycles. The Morgan fingerprint density at radius 3 is 2.70 bits per heavy atom. The van der Waals surface area contributed by atoms with Gasteiger partial charge in [0.05, 0.1) is 4.92 Å². The summed E-state index contributed by atoms with van der Waals surface area (Å²) in [5.41, 5.74) is 0.279. The SMILES string of the molecule is Cc1nn([C@@H](C)C(=O)N[C@@H](C)[C@@H]2C[C@@H]3CC[C@@H]2C3)cc1[N+](=O)[O-]. The smallest absolute Gasteiger partial charge is 0.309 e. The van der Waals surface area contributed by atoms with E-state index in [1.54, 1.807) is 13.8 Å². The van der Waals surface area contributed by atoms with Gasteiger partial charge in [0.25, 0.3) is 0 Å². The largest absolute Gasteiger partial charge is 0.352 e. The fourth-order valence-electron chi connectivity index (χ4n) is 4.33. The number of aryl methyl sites for hydroxylation is 1. The van der Waals surface area contributed by atoms with Crippen molar-refractivity contribution in [2.24, 2.45) is 17.8 Å². The highest BCUT2D eigenvalue weighted by Crippen LogP contribution is 2.49. The molecular weight excluding hydrogens is 296 g/mol. The molecule has 0 radical (unpaired) electrons. The number of rotatable bonds is 5. The van der Waals surface area contributed by atoms with Gasteiger partial charge in [-0.2, -0.15) is 5.10 Å². The average molecular weight is 320 g/mol. The van der Waals surface area contributed by atoms with Gasteiger partial charge in [0.2, 0.25) is 5.91 Å². The van der Waals surface area contributed by atoms with Crippen LogP contribution in [0.4, 0.5) is 5.69 Å². The molecule has 1 N–H and O–H groups in total. The molecule has 0 unspecified atom stereocenters. The lowest BCUT2D eigenvalue weighted by atomic mass is 9.84. The second-order valence-electron chi connectivity index (χ2n) is 7.15. The summed E-state index contributed by atoms with van der Waals surface area (Å²) in [5, 5.41) is 18.1. The summed E-state index contributed by atoms with van der Waals surface area (Å²) in [7, 11) is 0. The fourth-order valence-corrected chi connectivity index (χ4v) is 4.33. The van der Waals surface area contributed by atoms with Crippen LogP contribution in [0.2, 0.25) is 0 Å². The van der Waals surface area contributed by atoms with Crippen LogP contribution in [0.1, 0.15) is 51.3 Å². The minimum Gasteiger partial charge on any atom is -0.352 e. The van der Waals surface area contributed by atoms with E-state index in [0.717, 1.165) is 11.8 Å². The minimum absolute atomic E-state index is 0.0502. The summed E-state index contributed by atoms with van der Waals surface area (Å²) >= 11 is 0. The van der Waals surface area contributed by atoms with Crippen LogP contribution in [-0.2, 0) is 4.79 Å². The first kappa shape index (κ1) is 16.0. The van der Waals surface area contributed by atoms with E-state index in [1.165, 1.54) is 36.6 Å². The molecular formula is C16H24N4O3. The van der Waals surface area contributed by atoms with Gasteiger partial charge in [-0.25, -0.2) is 0 Å². The molecule has 2 aliphatic rings. The third-order valence-electron chi connectivity index (χ3n) is 5.67. The maximum absolute atomic E-state index is 12.5.